The zero-order chi connectivity index (χ0) is 10.8. The standard InChI is InChI=1S/C12H12ClNO/c1-2-11(15)9-7-12(13)14-10-6-4-3-5-8(9)10/h3-7,11,15H,2H2,1H3. The van der Waals surface area contributed by atoms with Gasteiger partial charge in [0, 0.05) is 5.39 Å². The van der Waals surface area contributed by atoms with Crippen molar-refractivity contribution in [3.05, 3.63) is 41.0 Å². The van der Waals surface area contributed by atoms with Gasteiger partial charge in [-0.05, 0) is 24.1 Å². The fourth-order valence-electron chi connectivity index (χ4n) is 1.66. The summed E-state index contributed by atoms with van der Waals surface area (Å²) in [5.74, 6) is 0. The molecule has 2 nitrogen and oxygen atoms in total. The lowest BCUT2D eigenvalue weighted by Crippen LogP contribution is -1.97. The minimum Gasteiger partial charge on any atom is -0.388 e. The highest BCUT2D eigenvalue weighted by Crippen LogP contribution is 2.27. The Morgan fingerprint density at radius 2 is 2.13 bits per heavy atom. The van der Waals surface area contributed by atoms with Crippen molar-refractivity contribution in [2.45, 2.75) is 19.4 Å². The number of para-hydroxylation sites is 1. The van der Waals surface area contributed by atoms with Gasteiger partial charge in [-0.3, -0.25) is 0 Å². The molecule has 2 rings (SSSR count). The Labute approximate surface area is 93.5 Å². The normalized spacial score (nSPS) is 13.0. The van der Waals surface area contributed by atoms with Crippen LogP contribution < -0.4 is 0 Å². The first-order valence-corrected chi connectivity index (χ1v) is 5.33. The summed E-state index contributed by atoms with van der Waals surface area (Å²) in [6.07, 6.45) is 0.194. The van der Waals surface area contributed by atoms with Gasteiger partial charge in [0.15, 0.2) is 0 Å². The van der Waals surface area contributed by atoms with Crippen molar-refractivity contribution in [3.63, 3.8) is 0 Å². The molecule has 0 saturated carbocycles. The molecule has 1 aromatic heterocycles. The molecule has 0 saturated heterocycles. The van der Waals surface area contributed by atoms with E-state index in [1.54, 1.807) is 6.07 Å². The Bertz CT molecular complexity index is 484. The van der Waals surface area contributed by atoms with Crippen LogP contribution in [-0.4, -0.2) is 10.1 Å². The monoisotopic (exact) mass is 221 g/mol. The van der Waals surface area contributed by atoms with Gasteiger partial charge in [-0.25, -0.2) is 4.98 Å². The van der Waals surface area contributed by atoms with Crippen molar-refractivity contribution < 1.29 is 5.11 Å². The number of rotatable bonds is 2. The van der Waals surface area contributed by atoms with Crippen LogP contribution in [0.1, 0.15) is 25.0 Å². The van der Waals surface area contributed by atoms with E-state index in [0.717, 1.165) is 16.5 Å². The molecule has 1 heterocycles. The summed E-state index contributed by atoms with van der Waals surface area (Å²) in [7, 11) is 0. The van der Waals surface area contributed by atoms with E-state index in [0.29, 0.717) is 11.6 Å². The van der Waals surface area contributed by atoms with E-state index in [1.165, 1.54) is 0 Å². The molecule has 0 fully saturated rings. The summed E-state index contributed by atoms with van der Waals surface area (Å²) in [5, 5.41) is 11.3. The number of aliphatic hydroxyl groups is 1. The third kappa shape index (κ3) is 1.96. The van der Waals surface area contributed by atoms with Gasteiger partial charge in [0.05, 0.1) is 11.6 Å². The van der Waals surface area contributed by atoms with Crippen LogP contribution in [0.2, 0.25) is 5.15 Å². The number of hydrogen-bond acceptors (Lipinski definition) is 2. The van der Waals surface area contributed by atoms with E-state index in [4.69, 9.17) is 11.6 Å². The Morgan fingerprint density at radius 1 is 1.40 bits per heavy atom. The molecule has 0 aliphatic heterocycles. The predicted octanol–water partition coefficient (Wildman–Crippen LogP) is 3.33. The SMILES string of the molecule is CCC(O)c1cc(Cl)nc2ccccc12. The highest BCUT2D eigenvalue weighted by molar-refractivity contribution is 6.29. The Morgan fingerprint density at radius 3 is 2.87 bits per heavy atom. The van der Waals surface area contributed by atoms with Crippen LogP contribution in [0.15, 0.2) is 30.3 Å². The van der Waals surface area contributed by atoms with E-state index in [1.807, 2.05) is 31.2 Å². The van der Waals surface area contributed by atoms with E-state index in [9.17, 15) is 5.11 Å². The van der Waals surface area contributed by atoms with Crippen molar-refractivity contribution >= 4 is 22.5 Å². The zero-order valence-corrected chi connectivity index (χ0v) is 9.20. The molecule has 0 aliphatic carbocycles. The van der Waals surface area contributed by atoms with E-state index < -0.39 is 6.10 Å². The van der Waals surface area contributed by atoms with E-state index in [-0.39, 0.29) is 0 Å². The fourth-order valence-corrected chi connectivity index (χ4v) is 1.87. The maximum atomic E-state index is 9.87. The second kappa shape index (κ2) is 4.17. The molecular weight excluding hydrogens is 210 g/mol. The highest BCUT2D eigenvalue weighted by atomic mass is 35.5. The van der Waals surface area contributed by atoms with Crippen LogP contribution in [-0.2, 0) is 0 Å². The number of halogens is 1. The Balaban J connectivity index is 2.71. The van der Waals surface area contributed by atoms with Crippen LogP contribution in [0, 0.1) is 0 Å². The Kier molecular flexibility index (Phi) is 2.89. The average Bonchev–Trinajstić information content (AvgIpc) is 2.26. The quantitative estimate of drug-likeness (QED) is 0.790. The van der Waals surface area contributed by atoms with Crippen LogP contribution >= 0.6 is 11.6 Å². The largest absolute Gasteiger partial charge is 0.388 e. The zero-order valence-electron chi connectivity index (χ0n) is 8.44. The number of benzene rings is 1. The number of aliphatic hydroxyl groups excluding tert-OH is 1. The van der Waals surface area contributed by atoms with Crippen LogP contribution in [0.5, 0.6) is 0 Å². The summed E-state index contributed by atoms with van der Waals surface area (Å²) in [6.45, 7) is 1.94. The topological polar surface area (TPSA) is 33.1 Å². The van der Waals surface area contributed by atoms with Crippen molar-refractivity contribution in [2.24, 2.45) is 0 Å². The third-order valence-corrected chi connectivity index (χ3v) is 2.66. The van der Waals surface area contributed by atoms with Crippen molar-refractivity contribution in [1.29, 1.82) is 0 Å². The van der Waals surface area contributed by atoms with E-state index in [2.05, 4.69) is 4.98 Å². The molecule has 1 atom stereocenters. The van der Waals surface area contributed by atoms with Gasteiger partial charge in [-0.15, -0.1) is 0 Å². The summed E-state index contributed by atoms with van der Waals surface area (Å²) in [6, 6.07) is 9.43. The summed E-state index contributed by atoms with van der Waals surface area (Å²) in [4.78, 5) is 4.21. The fraction of sp³-hybridized carbons (Fsp3) is 0.250. The summed E-state index contributed by atoms with van der Waals surface area (Å²) >= 11 is 5.90. The first-order chi connectivity index (χ1) is 7.22. The van der Waals surface area contributed by atoms with Gasteiger partial charge in [-0.2, -0.15) is 0 Å². The van der Waals surface area contributed by atoms with Crippen molar-refractivity contribution in [2.75, 3.05) is 0 Å². The molecule has 3 heteroatoms. The van der Waals surface area contributed by atoms with Crippen molar-refractivity contribution in [3.8, 4) is 0 Å². The van der Waals surface area contributed by atoms with Crippen molar-refractivity contribution in [1.82, 2.24) is 4.98 Å². The minimum absolute atomic E-state index is 0.427. The number of hydrogen-bond donors (Lipinski definition) is 1. The maximum Gasteiger partial charge on any atom is 0.130 e. The highest BCUT2D eigenvalue weighted by Gasteiger charge is 2.10. The first-order valence-electron chi connectivity index (χ1n) is 4.95. The molecule has 2 aromatic rings. The predicted molar refractivity (Wildman–Crippen MR) is 62.0 cm³/mol. The second-order valence-corrected chi connectivity index (χ2v) is 3.86. The Hall–Kier alpha value is -1.12. The van der Waals surface area contributed by atoms with Crippen LogP contribution in [0.25, 0.3) is 10.9 Å². The van der Waals surface area contributed by atoms with Gasteiger partial charge in [0.25, 0.3) is 0 Å². The molecule has 0 radical (unpaired) electrons. The van der Waals surface area contributed by atoms with Gasteiger partial charge < -0.3 is 5.11 Å². The lowest BCUT2D eigenvalue weighted by Gasteiger charge is -2.11. The molecule has 15 heavy (non-hydrogen) atoms. The average molecular weight is 222 g/mol. The molecule has 0 bridgehead atoms. The number of fused-ring (bicyclic) bond motifs is 1. The van der Waals surface area contributed by atoms with Gasteiger partial charge in [0.2, 0.25) is 0 Å². The lowest BCUT2D eigenvalue weighted by atomic mass is 10.0. The van der Waals surface area contributed by atoms with Crippen LogP contribution in [0.4, 0.5) is 0 Å². The van der Waals surface area contributed by atoms with Gasteiger partial charge in [0.1, 0.15) is 5.15 Å². The van der Waals surface area contributed by atoms with Gasteiger partial charge >= 0.3 is 0 Å². The number of pyridine rings is 1. The third-order valence-electron chi connectivity index (χ3n) is 2.46. The molecule has 0 amide bonds. The number of nitrogens with zero attached hydrogens (tertiary/aromatic N) is 1. The number of aromatic nitrogens is 1. The smallest absolute Gasteiger partial charge is 0.130 e. The van der Waals surface area contributed by atoms with E-state index >= 15 is 0 Å². The summed E-state index contributed by atoms with van der Waals surface area (Å²) < 4.78 is 0. The van der Waals surface area contributed by atoms with Crippen LogP contribution in [0.3, 0.4) is 0 Å². The molecule has 78 valence electrons. The molecule has 1 unspecified atom stereocenters. The minimum atomic E-state index is -0.476. The molecular formula is C12H12ClNO. The molecule has 0 aliphatic rings. The first kappa shape index (κ1) is 10.4. The molecule has 1 aromatic carbocycles. The van der Waals surface area contributed by atoms with Gasteiger partial charge in [-0.1, -0.05) is 36.7 Å². The second-order valence-electron chi connectivity index (χ2n) is 3.48. The lowest BCUT2D eigenvalue weighted by molar-refractivity contribution is 0.175. The maximum absolute atomic E-state index is 9.87. The molecule has 0 spiro atoms. The summed E-state index contributed by atoms with van der Waals surface area (Å²) in [5.41, 5.74) is 1.68. The molecule has 1 N–H and O–H groups in total.